The van der Waals surface area contributed by atoms with Gasteiger partial charge >= 0.3 is 6.09 Å². The number of nitrogens with zero attached hydrogens (tertiary/aromatic N) is 1. The number of fused-ring (bicyclic) bond motifs is 1. The van der Waals surface area contributed by atoms with E-state index in [0.29, 0.717) is 11.3 Å². The summed E-state index contributed by atoms with van der Waals surface area (Å²) in [6, 6.07) is 9.44. The first-order valence-electron chi connectivity index (χ1n) is 10.3. The highest BCUT2D eigenvalue weighted by atomic mass is 16.5. The zero-order chi connectivity index (χ0) is 18.6. The van der Waals surface area contributed by atoms with Crippen molar-refractivity contribution in [2.75, 3.05) is 20.2 Å². The fourth-order valence-corrected chi connectivity index (χ4v) is 5.24. The van der Waals surface area contributed by atoms with Crippen LogP contribution in [0.5, 0.6) is 0 Å². The van der Waals surface area contributed by atoms with Crippen molar-refractivity contribution in [3.8, 4) is 0 Å². The Labute approximate surface area is 160 Å². The number of carbonyl (C=O) groups is 2. The van der Waals surface area contributed by atoms with Crippen LogP contribution in [0.2, 0.25) is 0 Å². The SMILES string of the molecule is COC(=O)NC1CC(C(=O)N2CCC3(c4ccc(C5CC5)cc4)CC3C2)C1. The van der Waals surface area contributed by atoms with Gasteiger partial charge in [-0.1, -0.05) is 24.3 Å². The van der Waals surface area contributed by atoms with Gasteiger partial charge in [0, 0.05) is 30.5 Å². The van der Waals surface area contributed by atoms with E-state index in [-0.39, 0.29) is 17.9 Å². The van der Waals surface area contributed by atoms with Crippen molar-refractivity contribution < 1.29 is 14.3 Å². The normalized spacial score (nSPS) is 34.3. The van der Waals surface area contributed by atoms with Crippen molar-refractivity contribution in [1.82, 2.24) is 10.2 Å². The molecule has 144 valence electrons. The Kier molecular flexibility index (Phi) is 3.95. The molecule has 27 heavy (non-hydrogen) atoms. The first-order chi connectivity index (χ1) is 13.1. The minimum atomic E-state index is -0.403. The topological polar surface area (TPSA) is 58.6 Å². The van der Waals surface area contributed by atoms with Crippen LogP contribution >= 0.6 is 0 Å². The van der Waals surface area contributed by atoms with Gasteiger partial charge in [-0.15, -0.1) is 0 Å². The van der Waals surface area contributed by atoms with E-state index in [1.54, 1.807) is 0 Å². The van der Waals surface area contributed by atoms with E-state index >= 15 is 0 Å². The average Bonchev–Trinajstić information content (AvgIpc) is 3.56. The monoisotopic (exact) mass is 368 g/mol. The molecule has 0 spiro atoms. The lowest BCUT2D eigenvalue weighted by Gasteiger charge is -2.40. The number of piperidine rings is 1. The minimum absolute atomic E-state index is 0.0660. The van der Waals surface area contributed by atoms with Crippen LogP contribution in [0.15, 0.2) is 24.3 Å². The highest BCUT2D eigenvalue weighted by Gasteiger charge is 2.58. The van der Waals surface area contributed by atoms with E-state index < -0.39 is 6.09 Å². The molecule has 1 aromatic rings. The Balaban J connectivity index is 1.15. The lowest BCUT2D eigenvalue weighted by molar-refractivity contribution is -0.140. The van der Waals surface area contributed by atoms with Crippen molar-refractivity contribution in [2.45, 2.75) is 55.9 Å². The molecule has 1 N–H and O–H groups in total. The molecule has 2 amide bonds. The van der Waals surface area contributed by atoms with Crippen LogP contribution in [0.3, 0.4) is 0 Å². The first-order valence-corrected chi connectivity index (χ1v) is 10.3. The molecular weight excluding hydrogens is 340 g/mol. The molecule has 1 aliphatic heterocycles. The van der Waals surface area contributed by atoms with Crippen molar-refractivity contribution >= 4 is 12.0 Å². The Morgan fingerprint density at radius 1 is 1.19 bits per heavy atom. The van der Waals surface area contributed by atoms with E-state index in [0.717, 1.165) is 38.3 Å². The van der Waals surface area contributed by atoms with Gasteiger partial charge in [0.2, 0.25) is 5.91 Å². The molecule has 4 aliphatic rings. The second kappa shape index (κ2) is 6.25. The highest BCUT2D eigenvalue weighted by Crippen LogP contribution is 2.59. The van der Waals surface area contributed by atoms with Crippen LogP contribution in [0.25, 0.3) is 0 Å². The van der Waals surface area contributed by atoms with Crippen LogP contribution in [0.4, 0.5) is 4.79 Å². The maximum Gasteiger partial charge on any atom is 0.407 e. The van der Waals surface area contributed by atoms with Crippen molar-refractivity contribution in [3.63, 3.8) is 0 Å². The Hall–Kier alpha value is -2.04. The second-order valence-electron chi connectivity index (χ2n) is 8.99. The van der Waals surface area contributed by atoms with E-state index in [1.165, 1.54) is 37.5 Å². The van der Waals surface area contributed by atoms with Gasteiger partial charge in [-0.3, -0.25) is 4.79 Å². The number of benzene rings is 1. The van der Waals surface area contributed by atoms with Gasteiger partial charge in [0.1, 0.15) is 0 Å². The number of rotatable bonds is 4. The molecule has 3 saturated carbocycles. The Morgan fingerprint density at radius 2 is 1.93 bits per heavy atom. The van der Waals surface area contributed by atoms with E-state index in [1.807, 2.05) is 0 Å². The molecule has 5 rings (SSSR count). The predicted molar refractivity (Wildman–Crippen MR) is 101 cm³/mol. The fourth-order valence-electron chi connectivity index (χ4n) is 5.24. The second-order valence-corrected chi connectivity index (χ2v) is 8.99. The van der Waals surface area contributed by atoms with Crippen molar-refractivity contribution in [3.05, 3.63) is 35.4 Å². The van der Waals surface area contributed by atoms with E-state index in [2.05, 4.69) is 39.2 Å². The largest absolute Gasteiger partial charge is 0.453 e. The molecule has 5 nitrogen and oxygen atoms in total. The number of hydrogen-bond donors (Lipinski definition) is 1. The minimum Gasteiger partial charge on any atom is -0.453 e. The average molecular weight is 368 g/mol. The van der Waals surface area contributed by atoms with Gasteiger partial charge in [0.15, 0.2) is 0 Å². The summed E-state index contributed by atoms with van der Waals surface area (Å²) in [5.74, 6) is 1.77. The van der Waals surface area contributed by atoms with Crippen LogP contribution in [-0.2, 0) is 14.9 Å². The summed E-state index contributed by atoms with van der Waals surface area (Å²) < 4.78 is 4.62. The highest BCUT2D eigenvalue weighted by molar-refractivity contribution is 5.80. The van der Waals surface area contributed by atoms with Crippen molar-refractivity contribution in [2.24, 2.45) is 11.8 Å². The van der Waals surface area contributed by atoms with Gasteiger partial charge in [0.25, 0.3) is 0 Å². The van der Waals surface area contributed by atoms with Crippen molar-refractivity contribution in [1.29, 1.82) is 0 Å². The molecular formula is C22H28N2O3. The van der Waals surface area contributed by atoms with Gasteiger partial charge in [-0.2, -0.15) is 0 Å². The molecule has 5 heteroatoms. The summed E-state index contributed by atoms with van der Waals surface area (Å²) >= 11 is 0. The summed E-state index contributed by atoms with van der Waals surface area (Å²) in [4.78, 5) is 26.1. The molecule has 1 heterocycles. The van der Waals surface area contributed by atoms with Gasteiger partial charge in [0.05, 0.1) is 7.11 Å². The molecule has 2 unspecified atom stereocenters. The quantitative estimate of drug-likeness (QED) is 0.888. The summed E-state index contributed by atoms with van der Waals surface area (Å²) in [7, 11) is 1.37. The number of alkyl carbamates (subject to hydrolysis) is 1. The third-order valence-electron chi connectivity index (χ3n) is 7.34. The van der Waals surface area contributed by atoms with Crippen LogP contribution in [0.1, 0.15) is 55.6 Å². The molecule has 0 bridgehead atoms. The summed E-state index contributed by atoms with van der Waals surface area (Å²) in [6.07, 6.45) is 6.08. The predicted octanol–water partition coefficient (Wildman–Crippen LogP) is 3.19. The number of carbonyl (C=O) groups excluding carboxylic acids is 2. The summed E-state index contributed by atoms with van der Waals surface area (Å²) in [5, 5.41) is 2.78. The lowest BCUT2D eigenvalue weighted by Crippen LogP contribution is -2.52. The summed E-state index contributed by atoms with van der Waals surface area (Å²) in [6.45, 7) is 1.76. The fraction of sp³-hybridized carbons (Fsp3) is 0.636. The first kappa shape index (κ1) is 17.1. The number of amides is 2. The number of likely N-dealkylation sites (tertiary alicyclic amines) is 1. The molecule has 3 aliphatic carbocycles. The number of hydrogen-bond acceptors (Lipinski definition) is 3. The molecule has 4 fully saturated rings. The number of methoxy groups -OCH3 is 1. The van der Waals surface area contributed by atoms with E-state index in [4.69, 9.17) is 0 Å². The Morgan fingerprint density at radius 3 is 2.56 bits per heavy atom. The van der Waals surface area contributed by atoms with Gasteiger partial charge < -0.3 is 15.0 Å². The standard InChI is InChI=1S/C22H28N2O3/c1-27-21(26)23-19-10-16(11-19)20(25)24-9-8-22(12-18(22)13-24)17-6-4-15(5-7-17)14-2-3-14/h4-7,14,16,18-19H,2-3,8-13H2,1H3,(H,23,26). The number of nitrogens with one attached hydrogen (secondary N) is 1. The molecule has 1 aromatic carbocycles. The summed E-state index contributed by atoms with van der Waals surface area (Å²) in [5.41, 5.74) is 3.31. The molecule has 1 saturated heterocycles. The van der Waals surface area contributed by atoms with Crippen LogP contribution < -0.4 is 5.32 Å². The van der Waals surface area contributed by atoms with Crippen LogP contribution in [-0.4, -0.2) is 43.1 Å². The lowest BCUT2D eigenvalue weighted by atomic mass is 9.78. The Bertz CT molecular complexity index is 751. The smallest absolute Gasteiger partial charge is 0.407 e. The number of ether oxygens (including phenoxy) is 1. The third kappa shape index (κ3) is 3.01. The van der Waals surface area contributed by atoms with Gasteiger partial charge in [-0.05, 0) is 61.5 Å². The van der Waals surface area contributed by atoms with Crippen LogP contribution in [0, 0.1) is 11.8 Å². The zero-order valence-corrected chi connectivity index (χ0v) is 15.9. The van der Waals surface area contributed by atoms with E-state index in [9.17, 15) is 9.59 Å². The maximum atomic E-state index is 12.8. The maximum absolute atomic E-state index is 12.8. The molecule has 0 radical (unpaired) electrons. The van der Waals surface area contributed by atoms with Gasteiger partial charge in [-0.25, -0.2) is 4.79 Å². The molecule has 2 atom stereocenters. The third-order valence-corrected chi connectivity index (χ3v) is 7.34. The molecule has 0 aromatic heterocycles. The zero-order valence-electron chi connectivity index (χ0n) is 15.9.